The number of carbonyl (C=O) groups is 2. The molecule has 138 valence electrons. The molecule has 1 aromatic rings. The number of hydrogen-bond acceptors (Lipinski definition) is 5. The van der Waals surface area contributed by atoms with Gasteiger partial charge in [0.15, 0.2) is 0 Å². The highest BCUT2D eigenvalue weighted by Crippen LogP contribution is 2.24. The molecule has 0 bridgehead atoms. The summed E-state index contributed by atoms with van der Waals surface area (Å²) in [5.74, 6) is -0.873. The topological polar surface area (TPSA) is 93.1 Å². The SMILES string of the molecule is CN(C)c1cccc(C(=O)N2C[C@H](O)[C@@H](O)C2C(=O)NC(C)(C)C)c1. The Hall–Kier alpha value is -2.12. The molecule has 0 saturated carbocycles. The first kappa shape index (κ1) is 19.2. The summed E-state index contributed by atoms with van der Waals surface area (Å²) < 4.78 is 0. The second-order valence-electron chi connectivity index (χ2n) is 7.64. The van der Waals surface area contributed by atoms with Gasteiger partial charge in [0.1, 0.15) is 18.2 Å². The predicted molar refractivity (Wildman–Crippen MR) is 95.5 cm³/mol. The van der Waals surface area contributed by atoms with Crippen LogP contribution in [0.15, 0.2) is 24.3 Å². The number of amides is 2. The quantitative estimate of drug-likeness (QED) is 0.726. The normalized spacial score (nSPS) is 23.5. The molecule has 1 aliphatic heterocycles. The summed E-state index contributed by atoms with van der Waals surface area (Å²) in [4.78, 5) is 28.6. The van der Waals surface area contributed by atoms with Gasteiger partial charge < -0.3 is 25.3 Å². The summed E-state index contributed by atoms with van der Waals surface area (Å²) in [7, 11) is 3.74. The third-order valence-corrected chi connectivity index (χ3v) is 4.07. The summed E-state index contributed by atoms with van der Waals surface area (Å²) in [6.07, 6.45) is -2.47. The zero-order valence-electron chi connectivity index (χ0n) is 15.4. The first-order valence-corrected chi connectivity index (χ1v) is 8.28. The van der Waals surface area contributed by atoms with E-state index < -0.39 is 35.6 Å². The van der Waals surface area contributed by atoms with Gasteiger partial charge in [0.05, 0.1) is 6.54 Å². The molecule has 3 N–H and O–H groups in total. The lowest BCUT2D eigenvalue weighted by Gasteiger charge is -2.29. The third-order valence-electron chi connectivity index (χ3n) is 4.07. The molecule has 1 aliphatic rings. The van der Waals surface area contributed by atoms with Crippen molar-refractivity contribution < 1.29 is 19.8 Å². The highest BCUT2D eigenvalue weighted by atomic mass is 16.3. The maximum atomic E-state index is 12.9. The number of benzene rings is 1. The van der Waals surface area contributed by atoms with Crippen molar-refractivity contribution in [2.75, 3.05) is 25.5 Å². The number of aliphatic hydroxyl groups is 2. The predicted octanol–water partition coefficient (Wildman–Crippen LogP) is 0.214. The van der Waals surface area contributed by atoms with Gasteiger partial charge >= 0.3 is 0 Å². The lowest BCUT2D eigenvalue weighted by atomic mass is 10.0. The lowest BCUT2D eigenvalue weighted by molar-refractivity contribution is -0.129. The Bertz CT molecular complexity index is 654. The van der Waals surface area contributed by atoms with E-state index in [0.29, 0.717) is 5.56 Å². The molecule has 1 aromatic carbocycles. The number of hydrogen-bond donors (Lipinski definition) is 3. The van der Waals surface area contributed by atoms with Crippen LogP contribution in [0.4, 0.5) is 5.69 Å². The van der Waals surface area contributed by atoms with Gasteiger partial charge in [-0.3, -0.25) is 9.59 Å². The van der Waals surface area contributed by atoms with E-state index in [1.807, 2.05) is 45.8 Å². The highest BCUT2D eigenvalue weighted by Gasteiger charge is 2.47. The van der Waals surface area contributed by atoms with E-state index in [-0.39, 0.29) is 6.54 Å². The zero-order valence-corrected chi connectivity index (χ0v) is 15.4. The Balaban J connectivity index is 2.30. The molecule has 0 radical (unpaired) electrons. The van der Waals surface area contributed by atoms with Gasteiger partial charge in [0.2, 0.25) is 5.91 Å². The average molecular weight is 349 g/mol. The Morgan fingerprint density at radius 2 is 1.88 bits per heavy atom. The van der Waals surface area contributed by atoms with Crippen LogP contribution in [0.25, 0.3) is 0 Å². The fourth-order valence-corrected chi connectivity index (χ4v) is 2.85. The van der Waals surface area contributed by atoms with Crippen LogP contribution in [0.3, 0.4) is 0 Å². The van der Waals surface area contributed by atoms with Crippen LogP contribution in [0.5, 0.6) is 0 Å². The number of likely N-dealkylation sites (tertiary alicyclic amines) is 1. The van der Waals surface area contributed by atoms with Gasteiger partial charge in [-0.25, -0.2) is 0 Å². The molecule has 1 fully saturated rings. The summed E-state index contributed by atoms with van der Waals surface area (Å²) in [5.41, 5.74) is 0.743. The molecule has 7 heteroatoms. The van der Waals surface area contributed by atoms with Gasteiger partial charge in [0, 0.05) is 30.9 Å². The van der Waals surface area contributed by atoms with Crippen molar-refractivity contribution >= 4 is 17.5 Å². The van der Waals surface area contributed by atoms with Crippen molar-refractivity contribution in [3.63, 3.8) is 0 Å². The van der Waals surface area contributed by atoms with E-state index in [4.69, 9.17) is 0 Å². The van der Waals surface area contributed by atoms with Crippen molar-refractivity contribution in [2.45, 2.75) is 44.6 Å². The monoisotopic (exact) mass is 349 g/mol. The van der Waals surface area contributed by atoms with Gasteiger partial charge in [-0.15, -0.1) is 0 Å². The maximum absolute atomic E-state index is 12.9. The molecule has 7 nitrogen and oxygen atoms in total. The van der Waals surface area contributed by atoms with Crippen molar-refractivity contribution in [3.05, 3.63) is 29.8 Å². The third kappa shape index (κ3) is 4.29. The zero-order chi connectivity index (χ0) is 18.9. The summed E-state index contributed by atoms with van der Waals surface area (Å²) >= 11 is 0. The Kier molecular flexibility index (Phi) is 5.39. The second-order valence-corrected chi connectivity index (χ2v) is 7.64. The van der Waals surface area contributed by atoms with Crippen LogP contribution in [0, 0.1) is 0 Å². The molecule has 1 unspecified atom stereocenters. The van der Waals surface area contributed by atoms with Crippen LogP contribution in [0.1, 0.15) is 31.1 Å². The van der Waals surface area contributed by atoms with Gasteiger partial charge in [-0.2, -0.15) is 0 Å². The molecule has 0 aromatic heterocycles. The van der Waals surface area contributed by atoms with Crippen molar-refractivity contribution in [1.29, 1.82) is 0 Å². The first-order valence-electron chi connectivity index (χ1n) is 8.28. The van der Waals surface area contributed by atoms with Gasteiger partial charge in [-0.1, -0.05) is 6.07 Å². The molecule has 1 saturated heterocycles. The molecule has 0 aliphatic carbocycles. The number of nitrogens with zero attached hydrogens (tertiary/aromatic N) is 2. The van der Waals surface area contributed by atoms with Crippen LogP contribution in [-0.2, 0) is 4.79 Å². The van der Waals surface area contributed by atoms with Crippen LogP contribution in [-0.4, -0.2) is 71.4 Å². The molecule has 1 heterocycles. The van der Waals surface area contributed by atoms with E-state index in [0.717, 1.165) is 5.69 Å². The molecule has 3 atom stereocenters. The minimum Gasteiger partial charge on any atom is -0.388 e. The lowest BCUT2D eigenvalue weighted by Crippen LogP contribution is -2.54. The highest BCUT2D eigenvalue weighted by molar-refractivity contribution is 5.99. The summed E-state index contributed by atoms with van der Waals surface area (Å²) in [6.45, 7) is 5.36. The molecule has 2 amide bonds. The molecular formula is C18H27N3O4. The molecular weight excluding hydrogens is 322 g/mol. The largest absolute Gasteiger partial charge is 0.388 e. The second kappa shape index (κ2) is 7.01. The average Bonchev–Trinajstić information content (AvgIpc) is 2.80. The minimum atomic E-state index is -1.32. The number of rotatable bonds is 3. The molecule has 25 heavy (non-hydrogen) atoms. The van der Waals surface area contributed by atoms with Crippen LogP contribution in [0.2, 0.25) is 0 Å². The maximum Gasteiger partial charge on any atom is 0.254 e. The number of β-amino-alcohol motifs (C(OH)–C–C–N with tert-alkyl or cyclic N) is 1. The van der Waals surface area contributed by atoms with E-state index in [1.165, 1.54) is 4.90 Å². The summed E-state index contributed by atoms with van der Waals surface area (Å²) in [5, 5.41) is 23.0. The standard InChI is InChI=1S/C18H27N3O4/c1-18(2,3)19-16(24)14-15(23)13(22)10-21(14)17(25)11-7-6-8-12(9-11)20(4)5/h6-9,13-15,22-23H,10H2,1-5H3,(H,19,24)/t13-,14?,15+/m0/s1. The fraction of sp³-hybridized carbons (Fsp3) is 0.556. The molecule has 2 rings (SSSR count). The van der Waals surface area contributed by atoms with Crippen LogP contribution < -0.4 is 10.2 Å². The number of carbonyl (C=O) groups excluding carboxylic acids is 2. The van der Waals surface area contributed by atoms with E-state index in [2.05, 4.69) is 5.32 Å². The Morgan fingerprint density at radius 3 is 2.44 bits per heavy atom. The van der Waals surface area contributed by atoms with Crippen molar-refractivity contribution in [3.8, 4) is 0 Å². The number of anilines is 1. The van der Waals surface area contributed by atoms with Gasteiger partial charge in [-0.05, 0) is 39.0 Å². The van der Waals surface area contributed by atoms with Gasteiger partial charge in [0.25, 0.3) is 5.91 Å². The van der Waals surface area contributed by atoms with E-state index in [1.54, 1.807) is 18.2 Å². The number of nitrogens with one attached hydrogen (secondary N) is 1. The Morgan fingerprint density at radius 1 is 1.24 bits per heavy atom. The van der Waals surface area contributed by atoms with Crippen molar-refractivity contribution in [2.24, 2.45) is 0 Å². The number of aliphatic hydroxyl groups excluding tert-OH is 2. The van der Waals surface area contributed by atoms with E-state index in [9.17, 15) is 19.8 Å². The first-order chi connectivity index (χ1) is 11.5. The fourth-order valence-electron chi connectivity index (χ4n) is 2.85. The van der Waals surface area contributed by atoms with Crippen molar-refractivity contribution in [1.82, 2.24) is 10.2 Å². The molecule has 0 spiro atoms. The van der Waals surface area contributed by atoms with E-state index >= 15 is 0 Å². The summed E-state index contributed by atoms with van der Waals surface area (Å²) in [6, 6.07) is 5.89. The minimum absolute atomic E-state index is 0.0889. The van der Waals surface area contributed by atoms with Crippen LogP contribution >= 0.6 is 0 Å². The smallest absolute Gasteiger partial charge is 0.254 e. The Labute approximate surface area is 148 Å².